The van der Waals surface area contributed by atoms with Gasteiger partial charge in [0.25, 0.3) is 5.91 Å². The Morgan fingerprint density at radius 1 is 1.08 bits per heavy atom. The van der Waals surface area contributed by atoms with Crippen molar-refractivity contribution in [1.29, 1.82) is 0 Å². The molecule has 5 nitrogen and oxygen atoms in total. The van der Waals surface area contributed by atoms with Crippen molar-refractivity contribution in [2.75, 3.05) is 20.1 Å². The van der Waals surface area contributed by atoms with Crippen LogP contribution in [-0.4, -0.2) is 32.1 Å². The third-order valence-electron chi connectivity index (χ3n) is 5.69. The molecule has 1 aliphatic heterocycles. The van der Waals surface area contributed by atoms with Crippen LogP contribution in [0, 0.1) is 11.8 Å². The first-order valence-corrected chi connectivity index (χ1v) is 9.11. The van der Waals surface area contributed by atoms with Gasteiger partial charge < -0.3 is 10.2 Å². The van der Waals surface area contributed by atoms with Crippen molar-refractivity contribution < 1.29 is 14.5 Å². The van der Waals surface area contributed by atoms with Crippen molar-refractivity contribution in [3.63, 3.8) is 0 Å². The van der Waals surface area contributed by atoms with Crippen molar-refractivity contribution in [3.8, 4) is 0 Å². The molecule has 1 aliphatic carbocycles. The van der Waals surface area contributed by atoms with Crippen molar-refractivity contribution >= 4 is 11.9 Å². The van der Waals surface area contributed by atoms with E-state index in [4.69, 9.17) is 0 Å². The van der Waals surface area contributed by atoms with Crippen LogP contribution in [0.2, 0.25) is 0 Å². The van der Waals surface area contributed by atoms with Crippen molar-refractivity contribution in [3.05, 3.63) is 35.9 Å². The number of quaternary nitrogens is 1. The predicted octanol–water partition coefficient (Wildman–Crippen LogP) is 1.28. The summed E-state index contributed by atoms with van der Waals surface area (Å²) < 4.78 is 0. The fourth-order valence-electron chi connectivity index (χ4n) is 4.47. The first-order chi connectivity index (χ1) is 11.7. The van der Waals surface area contributed by atoms with Gasteiger partial charge in [-0.05, 0) is 25.2 Å². The number of urea groups is 1. The second-order valence-electron chi connectivity index (χ2n) is 7.12. The van der Waals surface area contributed by atoms with Crippen LogP contribution in [-0.2, 0) is 4.79 Å². The molecule has 4 atom stereocenters. The molecule has 0 aromatic heterocycles. The summed E-state index contributed by atoms with van der Waals surface area (Å²) in [5.74, 6) is 1.35. The number of rotatable bonds is 3. The number of piperidine rings is 1. The van der Waals surface area contributed by atoms with Crippen molar-refractivity contribution in [2.24, 2.45) is 11.8 Å². The van der Waals surface area contributed by atoms with Crippen molar-refractivity contribution in [1.82, 2.24) is 10.6 Å². The molecule has 5 heteroatoms. The maximum Gasteiger partial charge on any atom is 0.321 e. The summed E-state index contributed by atoms with van der Waals surface area (Å²) >= 11 is 0. The first kappa shape index (κ1) is 17.0. The van der Waals surface area contributed by atoms with Gasteiger partial charge in [-0.25, -0.2) is 4.79 Å². The molecule has 1 unspecified atom stereocenters. The number of imide groups is 1. The molecule has 3 rings (SSSR count). The van der Waals surface area contributed by atoms with E-state index in [1.54, 1.807) is 0 Å². The highest BCUT2D eigenvalue weighted by Crippen LogP contribution is 2.33. The third-order valence-corrected chi connectivity index (χ3v) is 5.69. The fraction of sp³-hybridized carbons (Fsp3) is 0.579. The van der Waals surface area contributed by atoms with E-state index in [0.29, 0.717) is 0 Å². The molecular formula is C19H28N3O2+. The lowest BCUT2D eigenvalue weighted by Crippen LogP contribution is -3.15. The highest BCUT2D eigenvalue weighted by molar-refractivity contribution is 5.96. The number of benzene rings is 1. The molecule has 1 heterocycles. The zero-order chi connectivity index (χ0) is 16.9. The Labute approximate surface area is 143 Å². The number of hydrogen-bond acceptors (Lipinski definition) is 2. The molecule has 2 fully saturated rings. The highest BCUT2D eigenvalue weighted by Gasteiger charge is 2.40. The quantitative estimate of drug-likeness (QED) is 0.782. The zero-order valence-electron chi connectivity index (χ0n) is 14.4. The number of hydrogen-bond donors (Lipinski definition) is 3. The third kappa shape index (κ3) is 3.78. The lowest BCUT2D eigenvalue weighted by Gasteiger charge is -2.41. The fourth-order valence-corrected chi connectivity index (χ4v) is 4.47. The van der Waals surface area contributed by atoms with Crippen LogP contribution in [0.1, 0.15) is 43.7 Å². The largest absolute Gasteiger partial charge is 0.341 e. The molecule has 1 saturated heterocycles. The van der Waals surface area contributed by atoms with Gasteiger partial charge in [-0.3, -0.25) is 10.1 Å². The van der Waals surface area contributed by atoms with E-state index >= 15 is 0 Å². The standard InChI is InChI=1S/C19H27N3O2/c1-20-19(24)21-18(23)17(15-8-3-2-4-9-15)22-12-11-14-7-5-6-10-16(14)13-22/h2-4,8-9,14,16-17H,5-7,10-13H2,1H3,(H2,20,21,23,24)/p+1/t14-,16+,17-/m0/s1. The number of amides is 3. The molecule has 1 aromatic rings. The second-order valence-corrected chi connectivity index (χ2v) is 7.12. The lowest BCUT2D eigenvalue weighted by atomic mass is 9.74. The molecule has 2 aliphatic rings. The second kappa shape index (κ2) is 7.79. The number of nitrogens with one attached hydrogen (secondary N) is 3. The van der Waals surface area contributed by atoms with Gasteiger partial charge in [0.05, 0.1) is 13.1 Å². The van der Waals surface area contributed by atoms with Crippen LogP contribution in [0.15, 0.2) is 30.3 Å². The Kier molecular flexibility index (Phi) is 5.51. The van der Waals surface area contributed by atoms with Crippen LogP contribution >= 0.6 is 0 Å². The van der Waals surface area contributed by atoms with E-state index in [-0.39, 0.29) is 11.9 Å². The van der Waals surface area contributed by atoms with Crippen molar-refractivity contribution in [2.45, 2.75) is 38.1 Å². The minimum Gasteiger partial charge on any atom is -0.341 e. The minimum atomic E-state index is -0.437. The number of likely N-dealkylation sites (tertiary alicyclic amines) is 1. The Morgan fingerprint density at radius 3 is 2.50 bits per heavy atom. The molecule has 0 radical (unpaired) electrons. The maximum absolute atomic E-state index is 12.8. The summed E-state index contributed by atoms with van der Waals surface area (Å²) in [6, 6.07) is 9.12. The monoisotopic (exact) mass is 330 g/mol. The minimum absolute atomic E-state index is 0.204. The van der Waals surface area contributed by atoms with Gasteiger partial charge in [0.1, 0.15) is 0 Å². The SMILES string of the molecule is CNC(=O)NC(=O)[C@H](c1ccccc1)[NH+]1CC[C@@H]2CCCC[C@@H]2C1. The van der Waals surface area contributed by atoms with Crippen LogP contribution in [0.3, 0.4) is 0 Å². The van der Waals surface area contributed by atoms with Gasteiger partial charge in [0.15, 0.2) is 6.04 Å². The average molecular weight is 330 g/mol. The van der Waals surface area contributed by atoms with E-state index in [9.17, 15) is 9.59 Å². The highest BCUT2D eigenvalue weighted by atomic mass is 16.2. The summed E-state index contributed by atoms with van der Waals surface area (Å²) in [5, 5.41) is 4.96. The molecule has 1 saturated carbocycles. The number of fused-ring (bicyclic) bond motifs is 1. The number of carbonyl (C=O) groups is 2. The first-order valence-electron chi connectivity index (χ1n) is 9.11. The summed E-state index contributed by atoms with van der Waals surface area (Å²) in [6.45, 7) is 2.04. The van der Waals surface area contributed by atoms with E-state index in [0.717, 1.165) is 30.5 Å². The molecule has 3 N–H and O–H groups in total. The normalized spacial score (nSPS) is 27.6. The Balaban J connectivity index is 1.79. The van der Waals surface area contributed by atoms with Gasteiger partial charge in [-0.15, -0.1) is 0 Å². The smallest absolute Gasteiger partial charge is 0.321 e. The van der Waals surface area contributed by atoms with E-state index in [1.165, 1.54) is 44.1 Å². The Hall–Kier alpha value is -1.88. The van der Waals surface area contributed by atoms with Gasteiger partial charge in [-0.2, -0.15) is 0 Å². The van der Waals surface area contributed by atoms with Crippen LogP contribution < -0.4 is 15.5 Å². The van der Waals surface area contributed by atoms with Gasteiger partial charge in [-0.1, -0.05) is 43.2 Å². The van der Waals surface area contributed by atoms with E-state index in [2.05, 4.69) is 10.6 Å². The topological polar surface area (TPSA) is 62.6 Å². The summed E-state index contributed by atoms with van der Waals surface area (Å²) in [5.41, 5.74) is 0.989. The van der Waals surface area contributed by atoms with Gasteiger partial charge in [0, 0.05) is 18.5 Å². The summed E-state index contributed by atoms with van der Waals surface area (Å²) in [4.78, 5) is 25.7. The molecule has 24 heavy (non-hydrogen) atoms. The van der Waals surface area contributed by atoms with Gasteiger partial charge >= 0.3 is 6.03 Å². The molecular weight excluding hydrogens is 302 g/mol. The Morgan fingerprint density at radius 2 is 1.79 bits per heavy atom. The molecule has 130 valence electrons. The van der Waals surface area contributed by atoms with E-state index < -0.39 is 6.03 Å². The van der Waals surface area contributed by atoms with Crippen LogP contribution in [0.25, 0.3) is 0 Å². The average Bonchev–Trinajstić information content (AvgIpc) is 2.62. The molecule has 3 amide bonds. The summed E-state index contributed by atoms with van der Waals surface area (Å²) in [7, 11) is 1.53. The maximum atomic E-state index is 12.8. The van der Waals surface area contributed by atoms with Crippen LogP contribution in [0.5, 0.6) is 0 Å². The summed E-state index contributed by atoms with van der Waals surface area (Å²) in [6.07, 6.45) is 6.49. The van der Waals surface area contributed by atoms with Gasteiger partial charge in [0.2, 0.25) is 0 Å². The number of carbonyl (C=O) groups excluding carboxylic acids is 2. The Bertz CT molecular complexity index is 575. The molecule has 0 spiro atoms. The predicted molar refractivity (Wildman–Crippen MR) is 92.5 cm³/mol. The van der Waals surface area contributed by atoms with E-state index in [1.807, 2.05) is 30.3 Å². The zero-order valence-corrected chi connectivity index (χ0v) is 14.4. The lowest BCUT2D eigenvalue weighted by molar-refractivity contribution is -0.932. The van der Waals surface area contributed by atoms with Crippen LogP contribution in [0.4, 0.5) is 4.79 Å². The molecule has 0 bridgehead atoms. The molecule has 1 aromatic carbocycles.